The zero-order valence-electron chi connectivity index (χ0n) is 11.1. The number of aromatic carboxylic acids is 2. The Morgan fingerprint density at radius 3 is 1.00 bits per heavy atom. The van der Waals surface area contributed by atoms with Crippen LogP contribution in [-0.4, -0.2) is 27.9 Å². The van der Waals surface area contributed by atoms with E-state index in [-0.39, 0.29) is 41.7 Å². The summed E-state index contributed by atoms with van der Waals surface area (Å²) in [5.41, 5.74) is 0.890. The number of ketones is 1. The first-order chi connectivity index (χ1) is 9.49. The van der Waals surface area contributed by atoms with Crippen LogP contribution in [-0.2, 0) is 0 Å². The van der Waals surface area contributed by atoms with Crippen LogP contribution in [0.1, 0.15) is 36.6 Å². The fraction of sp³-hybridized carbons (Fsp3) is 0. The molecule has 0 unspecified atom stereocenters. The zero-order valence-corrected chi connectivity index (χ0v) is 12.7. The topological polar surface area (TPSA) is 91.7 Å². The Morgan fingerprint density at radius 2 is 0.773 bits per heavy atom. The van der Waals surface area contributed by atoms with Crippen LogP contribution < -0.4 is 0 Å². The van der Waals surface area contributed by atoms with Crippen LogP contribution in [0.5, 0.6) is 0 Å². The van der Waals surface area contributed by atoms with Gasteiger partial charge in [0.15, 0.2) is 5.78 Å². The molecule has 0 aliphatic heterocycles. The number of carbonyl (C=O) groups excluding carboxylic acids is 1. The highest BCUT2D eigenvalue weighted by Crippen LogP contribution is 2.12. The number of rotatable bonds is 4. The van der Waals surface area contributed by atoms with Gasteiger partial charge in [-0.1, -0.05) is 24.3 Å². The fourth-order valence-electron chi connectivity index (χ4n) is 1.70. The Labute approximate surface area is 138 Å². The SMILES string of the molecule is Cl.Cl.O=C(O)c1ccc(C(=O)c2ccc(C(=O)O)cc2)cc1. The minimum absolute atomic E-state index is 0. The lowest BCUT2D eigenvalue weighted by atomic mass is 10.0. The second-order valence-electron chi connectivity index (χ2n) is 4.09. The molecule has 2 rings (SSSR count). The summed E-state index contributed by atoms with van der Waals surface area (Å²) in [6, 6.07) is 11.1. The van der Waals surface area contributed by atoms with Crippen molar-refractivity contribution in [3.63, 3.8) is 0 Å². The van der Waals surface area contributed by atoms with E-state index in [1.165, 1.54) is 48.5 Å². The Balaban J connectivity index is 0.00000220. The molecule has 0 fully saturated rings. The third-order valence-corrected chi connectivity index (χ3v) is 2.79. The molecule has 5 nitrogen and oxygen atoms in total. The smallest absolute Gasteiger partial charge is 0.335 e. The van der Waals surface area contributed by atoms with Crippen molar-refractivity contribution in [2.75, 3.05) is 0 Å². The maximum atomic E-state index is 12.1. The number of benzene rings is 2. The summed E-state index contributed by atoms with van der Waals surface area (Å²) in [4.78, 5) is 33.5. The molecule has 0 aliphatic rings. The molecule has 0 radical (unpaired) electrons. The van der Waals surface area contributed by atoms with E-state index in [1.54, 1.807) is 0 Å². The van der Waals surface area contributed by atoms with Gasteiger partial charge in [0.2, 0.25) is 0 Å². The first-order valence-corrected chi connectivity index (χ1v) is 5.70. The van der Waals surface area contributed by atoms with Gasteiger partial charge in [0.05, 0.1) is 11.1 Å². The number of carbonyl (C=O) groups is 3. The van der Waals surface area contributed by atoms with Gasteiger partial charge in [-0.3, -0.25) is 4.79 Å². The van der Waals surface area contributed by atoms with Gasteiger partial charge in [-0.15, -0.1) is 24.8 Å². The Hall–Kier alpha value is -2.37. The average Bonchev–Trinajstić information content (AvgIpc) is 2.46. The number of hydrogen-bond acceptors (Lipinski definition) is 3. The van der Waals surface area contributed by atoms with Crippen LogP contribution in [0.3, 0.4) is 0 Å². The Bertz CT molecular complexity index is 619. The number of halogens is 2. The minimum Gasteiger partial charge on any atom is -0.478 e. The second-order valence-corrected chi connectivity index (χ2v) is 4.09. The van der Waals surface area contributed by atoms with E-state index in [2.05, 4.69) is 0 Å². The zero-order chi connectivity index (χ0) is 14.7. The monoisotopic (exact) mass is 342 g/mol. The number of carboxylic acid groups (broad SMARTS) is 2. The molecule has 0 amide bonds. The number of hydrogen-bond donors (Lipinski definition) is 2. The normalized spacial score (nSPS) is 9.09. The van der Waals surface area contributed by atoms with Gasteiger partial charge in [-0.05, 0) is 24.3 Å². The van der Waals surface area contributed by atoms with Crippen molar-refractivity contribution >= 4 is 42.5 Å². The standard InChI is InChI=1S/C15H10O5.2ClH/c16-13(9-1-5-11(6-2-9)14(17)18)10-3-7-12(8-4-10)15(19)20;;/h1-8H,(H,17,18)(H,19,20);2*1H. The van der Waals surface area contributed by atoms with Crippen LogP contribution in [0, 0.1) is 0 Å². The van der Waals surface area contributed by atoms with E-state index >= 15 is 0 Å². The highest BCUT2D eigenvalue weighted by molar-refractivity contribution is 6.09. The highest BCUT2D eigenvalue weighted by Gasteiger charge is 2.11. The molecule has 7 heteroatoms. The molecule has 116 valence electrons. The molecule has 2 aromatic rings. The average molecular weight is 343 g/mol. The second kappa shape index (κ2) is 8.17. The van der Waals surface area contributed by atoms with E-state index < -0.39 is 11.9 Å². The van der Waals surface area contributed by atoms with Gasteiger partial charge in [-0.2, -0.15) is 0 Å². The van der Waals surface area contributed by atoms with E-state index in [0.717, 1.165) is 0 Å². The third kappa shape index (κ3) is 4.31. The van der Waals surface area contributed by atoms with E-state index in [4.69, 9.17) is 10.2 Å². The van der Waals surface area contributed by atoms with Crippen molar-refractivity contribution in [1.29, 1.82) is 0 Å². The van der Waals surface area contributed by atoms with Crippen molar-refractivity contribution in [2.45, 2.75) is 0 Å². The van der Waals surface area contributed by atoms with Crippen LogP contribution in [0.25, 0.3) is 0 Å². The van der Waals surface area contributed by atoms with E-state index in [0.29, 0.717) is 11.1 Å². The molecule has 0 saturated carbocycles. The van der Waals surface area contributed by atoms with Gasteiger partial charge >= 0.3 is 11.9 Å². The molecule has 2 N–H and O–H groups in total. The van der Waals surface area contributed by atoms with Crippen molar-refractivity contribution in [1.82, 2.24) is 0 Å². The molecule has 2 aromatic carbocycles. The summed E-state index contributed by atoms with van der Waals surface area (Å²) >= 11 is 0. The molecule has 22 heavy (non-hydrogen) atoms. The molecule has 0 bridgehead atoms. The summed E-state index contributed by atoms with van der Waals surface area (Å²) in [7, 11) is 0. The summed E-state index contributed by atoms with van der Waals surface area (Å²) < 4.78 is 0. The molecule has 0 spiro atoms. The quantitative estimate of drug-likeness (QED) is 0.832. The number of carboxylic acids is 2. The maximum Gasteiger partial charge on any atom is 0.335 e. The summed E-state index contributed by atoms with van der Waals surface area (Å²) in [6.45, 7) is 0. The van der Waals surface area contributed by atoms with E-state index in [1.807, 2.05) is 0 Å². The highest BCUT2D eigenvalue weighted by atomic mass is 35.5. The largest absolute Gasteiger partial charge is 0.478 e. The molecule has 0 atom stereocenters. The Kier molecular flexibility index (Phi) is 7.29. The van der Waals surface area contributed by atoms with Gasteiger partial charge in [0.25, 0.3) is 0 Å². The van der Waals surface area contributed by atoms with Crippen molar-refractivity contribution < 1.29 is 24.6 Å². The van der Waals surface area contributed by atoms with Crippen molar-refractivity contribution in [3.05, 3.63) is 70.8 Å². The van der Waals surface area contributed by atoms with Crippen LogP contribution in [0.15, 0.2) is 48.5 Å². The lowest BCUT2D eigenvalue weighted by molar-refractivity contribution is 0.0686. The molecule has 0 heterocycles. The molecule has 0 saturated heterocycles. The Morgan fingerprint density at radius 1 is 0.545 bits per heavy atom. The maximum absolute atomic E-state index is 12.1. The van der Waals surface area contributed by atoms with E-state index in [9.17, 15) is 14.4 Å². The fourth-order valence-corrected chi connectivity index (χ4v) is 1.70. The van der Waals surface area contributed by atoms with Gasteiger partial charge in [0, 0.05) is 11.1 Å². The summed E-state index contributed by atoms with van der Waals surface area (Å²) in [6.07, 6.45) is 0. The van der Waals surface area contributed by atoms with Crippen molar-refractivity contribution in [2.24, 2.45) is 0 Å². The molecule has 0 aliphatic carbocycles. The van der Waals surface area contributed by atoms with Gasteiger partial charge in [-0.25, -0.2) is 9.59 Å². The van der Waals surface area contributed by atoms with Crippen LogP contribution in [0.2, 0.25) is 0 Å². The van der Waals surface area contributed by atoms with Crippen LogP contribution >= 0.6 is 24.8 Å². The van der Waals surface area contributed by atoms with Gasteiger partial charge < -0.3 is 10.2 Å². The lowest BCUT2D eigenvalue weighted by Gasteiger charge is -2.02. The summed E-state index contributed by atoms with van der Waals surface area (Å²) in [5, 5.41) is 17.5. The first-order valence-electron chi connectivity index (χ1n) is 5.70. The first kappa shape index (κ1) is 19.6. The predicted octanol–water partition coefficient (Wildman–Crippen LogP) is 3.16. The molecule has 0 aromatic heterocycles. The lowest BCUT2D eigenvalue weighted by Crippen LogP contribution is -2.04. The molecular formula is C15H12Cl2O5. The van der Waals surface area contributed by atoms with Crippen molar-refractivity contribution in [3.8, 4) is 0 Å². The predicted molar refractivity (Wildman–Crippen MR) is 84.7 cm³/mol. The summed E-state index contributed by atoms with van der Waals surface area (Å²) in [5.74, 6) is -2.41. The third-order valence-electron chi connectivity index (χ3n) is 2.79. The minimum atomic E-state index is -1.06. The van der Waals surface area contributed by atoms with Gasteiger partial charge in [0.1, 0.15) is 0 Å². The molecular weight excluding hydrogens is 331 g/mol. The van der Waals surface area contributed by atoms with Crippen LogP contribution in [0.4, 0.5) is 0 Å².